The highest BCUT2D eigenvalue weighted by Crippen LogP contribution is 2.20. The van der Waals surface area contributed by atoms with Crippen LogP contribution in [0, 0.1) is 0 Å². The number of anilines is 1. The normalized spacial score (nSPS) is 11.8. The molecule has 1 unspecified atom stereocenters. The molecule has 1 atom stereocenters. The van der Waals surface area contributed by atoms with Crippen molar-refractivity contribution in [3.8, 4) is 0 Å². The van der Waals surface area contributed by atoms with Crippen molar-refractivity contribution in [1.82, 2.24) is 15.1 Å². The molecule has 1 aromatic carbocycles. The highest BCUT2D eigenvalue weighted by atomic mass is 16.2. The van der Waals surface area contributed by atoms with Crippen molar-refractivity contribution >= 4 is 11.7 Å². The zero-order valence-corrected chi connectivity index (χ0v) is 12.6. The molecule has 1 amide bonds. The largest absolute Gasteiger partial charge is 0.362 e. The summed E-state index contributed by atoms with van der Waals surface area (Å²) in [6.45, 7) is 2.11. The van der Waals surface area contributed by atoms with Gasteiger partial charge in [0.05, 0.1) is 6.04 Å². The van der Waals surface area contributed by atoms with Gasteiger partial charge >= 0.3 is 0 Å². The van der Waals surface area contributed by atoms with E-state index >= 15 is 0 Å². The predicted octanol–water partition coefficient (Wildman–Crippen LogP) is 2.74. The van der Waals surface area contributed by atoms with Gasteiger partial charge in [-0.1, -0.05) is 37.3 Å². The van der Waals surface area contributed by atoms with Gasteiger partial charge in [-0.25, -0.2) is 0 Å². The zero-order valence-electron chi connectivity index (χ0n) is 12.6. The minimum absolute atomic E-state index is 0.149. The molecule has 0 aliphatic rings. The second kappa shape index (κ2) is 6.83. The van der Waals surface area contributed by atoms with Crippen LogP contribution < -0.4 is 5.32 Å². The minimum Gasteiger partial charge on any atom is -0.362 e. The average Bonchev–Trinajstić information content (AvgIpc) is 2.53. The highest BCUT2D eigenvalue weighted by Gasteiger charge is 2.12. The molecule has 0 fully saturated rings. The number of carbonyl (C=O) groups excluding carboxylic acids is 1. The number of hydrogen-bond acceptors (Lipinski definition) is 4. The van der Waals surface area contributed by atoms with E-state index in [9.17, 15) is 4.79 Å². The summed E-state index contributed by atoms with van der Waals surface area (Å²) in [4.78, 5) is 13.2. The fraction of sp³-hybridized carbons (Fsp3) is 0.312. The first kappa shape index (κ1) is 15.0. The fourth-order valence-corrected chi connectivity index (χ4v) is 2.04. The van der Waals surface area contributed by atoms with E-state index in [2.05, 4.69) is 34.6 Å². The third kappa shape index (κ3) is 3.78. The Morgan fingerprint density at radius 1 is 1.14 bits per heavy atom. The molecule has 0 spiro atoms. The molecular weight excluding hydrogens is 264 g/mol. The molecule has 0 radical (unpaired) electrons. The lowest BCUT2D eigenvalue weighted by Gasteiger charge is -2.17. The van der Waals surface area contributed by atoms with E-state index in [0.717, 1.165) is 6.42 Å². The van der Waals surface area contributed by atoms with Crippen molar-refractivity contribution in [2.75, 3.05) is 19.4 Å². The molecule has 110 valence electrons. The van der Waals surface area contributed by atoms with Crippen molar-refractivity contribution in [1.29, 1.82) is 0 Å². The summed E-state index contributed by atoms with van der Waals surface area (Å²) in [5.74, 6) is 0.519. The van der Waals surface area contributed by atoms with Crippen LogP contribution in [0.3, 0.4) is 0 Å². The highest BCUT2D eigenvalue weighted by molar-refractivity contribution is 5.91. The SMILES string of the molecule is CCC(Nc1ccc(C(=O)N(C)C)nn1)c1ccccc1. The molecule has 1 heterocycles. The Morgan fingerprint density at radius 2 is 1.86 bits per heavy atom. The first-order valence-electron chi connectivity index (χ1n) is 6.98. The Bertz CT molecular complexity index is 581. The summed E-state index contributed by atoms with van der Waals surface area (Å²) in [7, 11) is 3.39. The molecule has 0 bridgehead atoms. The average molecular weight is 284 g/mol. The Kier molecular flexibility index (Phi) is 4.87. The summed E-state index contributed by atoms with van der Waals surface area (Å²) >= 11 is 0. The van der Waals surface area contributed by atoms with Crippen LogP contribution in [0.15, 0.2) is 42.5 Å². The first-order chi connectivity index (χ1) is 10.1. The van der Waals surface area contributed by atoms with Crippen LogP contribution in [0.4, 0.5) is 5.82 Å². The molecular formula is C16H20N4O. The van der Waals surface area contributed by atoms with Gasteiger partial charge in [-0.2, -0.15) is 0 Å². The molecule has 2 aromatic rings. The Hall–Kier alpha value is -2.43. The van der Waals surface area contributed by atoms with Crippen molar-refractivity contribution in [3.63, 3.8) is 0 Å². The van der Waals surface area contributed by atoms with E-state index < -0.39 is 0 Å². The van der Waals surface area contributed by atoms with Crippen LogP contribution in [-0.4, -0.2) is 35.1 Å². The Balaban J connectivity index is 2.10. The number of carbonyl (C=O) groups is 1. The van der Waals surface area contributed by atoms with Gasteiger partial charge in [0.15, 0.2) is 5.69 Å². The number of nitrogens with zero attached hydrogens (tertiary/aromatic N) is 3. The van der Waals surface area contributed by atoms with Gasteiger partial charge in [0, 0.05) is 14.1 Å². The van der Waals surface area contributed by atoms with Crippen LogP contribution in [0.1, 0.15) is 35.4 Å². The molecule has 0 aliphatic heterocycles. The van der Waals surface area contributed by atoms with Gasteiger partial charge < -0.3 is 10.2 Å². The lowest BCUT2D eigenvalue weighted by molar-refractivity contribution is 0.0821. The van der Waals surface area contributed by atoms with E-state index in [4.69, 9.17) is 0 Å². The molecule has 5 nitrogen and oxygen atoms in total. The summed E-state index contributed by atoms with van der Waals surface area (Å²) in [5.41, 5.74) is 1.55. The van der Waals surface area contributed by atoms with E-state index in [-0.39, 0.29) is 11.9 Å². The van der Waals surface area contributed by atoms with Crippen LogP contribution in [0.5, 0.6) is 0 Å². The quantitative estimate of drug-likeness (QED) is 0.917. The monoisotopic (exact) mass is 284 g/mol. The number of rotatable bonds is 5. The van der Waals surface area contributed by atoms with Crippen LogP contribution in [0.2, 0.25) is 0 Å². The van der Waals surface area contributed by atoms with Crippen LogP contribution in [-0.2, 0) is 0 Å². The summed E-state index contributed by atoms with van der Waals surface area (Å²) in [6, 6.07) is 13.9. The number of aromatic nitrogens is 2. The number of amides is 1. The van der Waals surface area contributed by atoms with Crippen LogP contribution >= 0.6 is 0 Å². The molecule has 21 heavy (non-hydrogen) atoms. The number of benzene rings is 1. The second-order valence-corrected chi connectivity index (χ2v) is 5.02. The number of nitrogens with one attached hydrogen (secondary N) is 1. The maximum atomic E-state index is 11.8. The molecule has 0 saturated heterocycles. The van der Waals surface area contributed by atoms with Crippen molar-refractivity contribution in [2.45, 2.75) is 19.4 Å². The lowest BCUT2D eigenvalue weighted by atomic mass is 10.0. The zero-order chi connectivity index (χ0) is 15.2. The standard InChI is InChI=1S/C16H20N4O/c1-4-13(12-8-6-5-7-9-12)17-15-11-10-14(18-19-15)16(21)20(2)3/h5-11,13H,4H2,1-3H3,(H,17,19). The first-order valence-corrected chi connectivity index (χ1v) is 6.98. The molecule has 0 aliphatic carbocycles. The fourth-order valence-electron chi connectivity index (χ4n) is 2.04. The van der Waals surface area contributed by atoms with E-state index in [1.54, 1.807) is 26.2 Å². The summed E-state index contributed by atoms with van der Waals surface area (Å²) in [6.07, 6.45) is 0.935. The van der Waals surface area contributed by atoms with E-state index in [1.165, 1.54) is 10.5 Å². The Morgan fingerprint density at radius 3 is 2.38 bits per heavy atom. The van der Waals surface area contributed by atoms with Gasteiger partial charge in [0.2, 0.25) is 0 Å². The topological polar surface area (TPSA) is 58.1 Å². The molecule has 5 heteroatoms. The van der Waals surface area contributed by atoms with Gasteiger partial charge in [-0.3, -0.25) is 4.79 Å². The third-order valence-electron chi connectivity index (χ3n) is 3.22. The molecule has 1 aromatic heterocycles. The smallest absolute Gasteiger partial charge is 0.273 e. The van der Waals surface area contributed by atoms with E-state index in [0.29, 0.717) is 11.5 Å². The summed E-state index contributed by atoms with van der Waals surface area (Å²) < 4.78 is 0. The van der Waals surface area contributed by atoms with Gasteiger partial charge in [-0.05, 0) is 24.1 Å². The predicted molar refractivity (Wildman–Crippen MR) is 83.1 cm³/mol. The lowest BCUT2D eigenvalue weighted by Crippen LogP contribution is -2.23. The van der Waals surface area contributed by atoms with E-state index in [1.807, 2.05) is 18.2 Å². The molecule has 0 saturated carbocycles. The minimum atomic E-state index is -0.149. The second-order valence-electron chi connectivity index (χ2n) is 5.02. The van der Waals surface area contributed by atoms with Gasteiger partial charge in [0.1, 0.15) is 5.82 Å². The maximum Gasteiger partial charge on any atom is 0.273 e. The maximum absolute atomic E-state index is 11.8. The van der Waals surface area contributed by atoms with Gasteiger partial charge in [0.25, 0.3) is 5.91 Å². The van der Waals surface area contributed by atoms with Crippen molar-refractivity contribution in [2.24, 2.45) is 0 Å². The third-order valence-corrected chi connectivity index (χ3v) is 3.22. The van der Waals surface area contributed by atoms with Gasteiger partial charge in [-0.15, -0.1) is 10.2 Å². The van der Waals surface area contributed by atoms with Crippen molar-refractivity contribution < 1.29 is 4.79 Å². The summed E-state index contributed by atoms with van der Waals surface area (Å²) in [5, 5.41) is 11.4. The van der Waals surface area contributed by atoms with Crippen LogP contribution in [0.25, 0.3) is 0 Å². The number of hydrogen-bond donors (Lipinski definition) is 1. The Labute approximate surface area is 125 Å². The van der Waals surface area contributed by atoms with Crippen molar-refractivity contribution in [3.05, 3.63) is 53.7 Å². The molecule has 1 N–H and O–H groups in total. The molecule has 2 rings (SSSR count).